The lowest BCUT2D eigenvalue weighted by Crippen LogP contribution is -2.25. The lowest BCUT2D eigenvalue weighted by atomic mass is 9.98. The molecule has 0 aliphatic heterocycles. The lowest BCUT2D eigenvalue weighted by Gasteiger charge is -2.13. The van der Waals surface area contributed by atoms with Crippen LogP contribution >= 0.6 is 15.9 Å². The molecular formula is C17H19BrN2O. The Hall–Kier alpha value is -1.81. The third-order valence-electron chi connectivity index (χ3n) is 3.47. The largest absolute Gasteiger partial charge is 0.399 e. The molecule has 2 rings (SSSR count). The summed E-state index contributed by atoms with van der Waals surface area (Å²) in [6.45, 7) is 2.80. The van der Waals surface area contributed by atoms with Crippen molar-refractivity contribution >= 4 is 27.5 Å². The van der Waals surface area contributed by atoms with Gasteiger partial charge in [0.05, 0.1) is 5.56 Å². The van der Waals surface area contributed by atoms with E-state index in [4.69, 9.17) is 5.73 Å². The smallest absolute Gasteiger partial charge is 0.252 e. The van der Waals surface area contributed by atoms with Crippen LogP contribution in [0.1, 0.15) is 35.2 Å². The molecule has 3 N–H and O–H groups in total. The van der Waals surface area contributed by atoms with E-state index in [1.54, 1.807) is 18.2 Å². The molecule has 4 heteroatoms. The SMILES string of the molecule is CC(CCNC(=O)c1cc(N)ccc1Br)c1ccccc1. The number of anilines is 1. The van der Waals surface area contributed by atoms with Crippen molar-refractivity contribution in [3.63, 3.8) is 0 Å². The standard InChI is InChI=1S/C17H19BrN2O/c1-12(13-5-3-2-4-6-13)9-10-20-17(21)15-11-14(19)7-8-16(15)18/h2-8,11-12H,9-10,19H2,1H3,(H,20,21). The maximum Gasteiger partial charge on any atom is 0.252 e. The van der Waals surface area contributed by atoms with Crippen LogP contribution in [-0.4, -0.2) is 12.5 Å². The van der Waals surface area contributed by atoms with E-state index in [0.717, 1.165) is 10.9 Å². The summed E-state index contributed by atoms with van der Waals surface area (Å²) in [6.07, 6.45) is 0.899. The van der Waals surface area contributed by atoms with Gasteiger partial charge in [0.2, 0.25) is 0 Å². The van der Waals surface area contributed by atoms with Gasteiger partial charge in [0.1, 0.15) is 0 Å². The normalized spacial score (nSPS) is 11.9. The molecule has 2 aromatic rings. The van der Waals surface area contributed by atoms with Crippen molar-refractivity contribution in [1.29, 1.82) is 0 Å². The van der Waals surface area contributed by atoms with Gasteiger partial charge in [-0.1, -0.05) is 37.3 Å². The highest BCUT2D eigenvalue weighted by Gasteiger charge is 2.11. The van der Waals surface area contributed by atoms with Gasteiger partial charge in [0, 0.05) is 16.7 Å². The van der Waals surface area contributed by atoms with Crippen LogP contribution in [0, 0.1) is 0 Å². The number of carbonyl (C=O) groups excluding carboxylic acids is 1. The molecule has 0 aliphatic rings. The fourth-order valence-electron chi connectivity index (χ4n) is 2.16. The highest BCUT2D eigenvalue weighted by molar-refractivity contribution is 9.10. The summed E-state index contributed by atoms with van der Waals surface area (Å²) < 4.78 is 0.755. The fourth-order valence-corrected chi connectivity index (χ4v) is 2.59. The predicted molar refractivity (Wildman–Crippen MR) is 90.4 cm³/mol. The zero-order valence-corrected chi connectivity index (χ0v) is 13.6. The van der Waals surface area contributed by atoms with Gasteiger partial charge in [-0.15, -0.1) is 0 Å². The first-order valence-corrected chi connectivity index (χ1v) is 7.75. The Bertz CT molecular complexity index is 613. The van der Waals surface area contributed by atoms with Crippen LogP contribution < -0.4 is 11.1 Å². The summed E-state index contributed by atoms with van der Waals surface area (Å²) in [5.41, 5.74) is 8.16. The molecule has 0 fully saturated rings. The molecule has 0 heterocycles. The van der Waals surface area contributed by atoms with Gasteiger partial charge in [-0.3, -0.25) is 4.79 Å². The average molecular weight is 347 g/mol. The van der Waals surface area contributed by atoms with Crippen molar-refractivity contribution in [3.05, 3.63) is 64.1 Å². The fraction of sp³-hybridized carbons (Fsp3) is 0.235. The topological polar surface area (TPSA) is 55.1 Å². The Morgan fingerprint density at radius 2 is 1.95 bits per heavy atom. The zero-order valence-electron chi connectivity index (χ0n) is 12.0. The summed E-state index contributed by atoms with van der Waals surface area (Å²) in [4.78, 5) is 12.1. The van der Waals surface area contributed by atoms with E-state index < -0.39 is 0 Å². The molecule has 0 saturated carbocycles. The molecule has 110 valence electrons. The molecule has 1 atom stereocenters. The maximum atomic E-state index is 12.1. The minimum atomic E-state index is -0.102. The Morgan fingerprint density at radius 1 is 1.24 bits per heavy atom. The Morgan fingerprint density at radius 3 is 2.67 bits per heavy atom. The first-order chi connectivity index (χ1) is 10.1. The van der Waals surface area contributed by atoms with Gasteiger partial charge < -0.3 is 11.1 Å². The number of nitrogens with two attached hydrogens (primary N) is 1. The molecule has 1 amide bonds. The summed E-state index contributed by atoms with van der Waals surface area (Å²) >= 11 is 3.37. The molecule has 2 aromatic carbocycles. The predicted octanol–water partition coefficient (Wildman–Crippen LogP) is 3.95. The highest BCUT2D eigenvalue weighted by atomic mass is 79.9. The number of hydrogen-bond donors (Lipinski definition) is 2. The third-order valence-corrected chi connectivity index (χ3v) is 4.16. The van der Waals surface area contributed by atoms with E-state index in [9.17, 15) is 4.79 Å². The number of amides is 1. The number of benzene rings is 2. The molecule has 21 heavy (non-hydrogen) atoms. The van der Waals surface area contributed by atoms with Gasteiger partial charge in [-0.05, 0) is 52.0 Å². The molecule has 3 nitrogen and oxygen atoms in total. The van der Waals surface area contributed by atoms with E-state index in [0.29, 0.717) is 23.7 Å². The molecule has 0 aliphatic carbocycles. The molecular weight excluding hydrogens is 328 g/mol. The second-order valence-corrected chi connectivity index (χ2v) is 5.95. The first-order valence-electron chi connectivity index (χ1n) is 6.96. The van der Waals surface area contributed by atoms with Crippen LogP contribution in [0.3, 0.4) is 0 Å². The van der Waals surface area contributed by atoms with Crippen LogP contribution in [-0.2, 0) is 0 Å². The van der Waals surface area contributed by atoms with Crippen LogP contribution in [0.5, 0.6) is 0 Å². The summed E-state index contributed by atoms with van der Waals surface area (Å²) in [6, 6.07) is 15.5. The highest BCUT2D eigenvalue weighted by Crippen LogP contribution is 2.20. The van der Waals surface area contributed by atoms with Crippen LogP contribution in [0.25, 0.3) is 0 Å². The molecule has 0 aromatic heterocycles. The van der Waals surface area contributed by atoms with Crippen LogP contribution in [0.4, 0.5) is 5.69 Å². The molecule has 1 unspecified atom stereocenters. The lowest BCUT2D eigenvalue weighted by molar-refractivity contribution is 0.0952. The third kappa shape index (κ3) is 4.33. The van der Waals surface area contributed by atoms with Gasteiger partial charge in [-0.25, -0.2) is 0 Å². The second-order valence-electron chi connectivity index (χ2n) is 5.10. The molecule has 0 spiro atoms. The van der Waals surface area contributed by atoms with Gasteiger partial charge in [0.25, 0.3) is 5.91 Å². The summed E-state index contributed by atoms with van der Waals surface area (Å²) in [7, 11) is 0. The number of carbonyl (C=O) groups is 1. The minimum absolute atomic E-state index is 0.102. The summed E-state index contributed by atoms with van der Waals surface area (Å²) in [5.74, 6) is 0.310. The quantitative estimate of drug-likeness (QED) is 0.805. The monoisotopic (exact) mass is 346 g/mol. The van der Waals surface area contributed by atoms with Crippen molar-refractivity contribution in [2.24, 2.45) is 0 Å². The Kier molecular flexibility index (Phi) is 5.39. The number of halogens is 1. The number of nitrogens with one attached hydrogen (secondary N) is 1. The van der Waals surface area contributed by atoms with Crippen LogP contribution in [0.2, 0.25) is 0 Å². The van der Waals surface area contributed by atoms with E-state index >= 15 is 0 Å². The summed E-state index contributed by atoms with van der Waals surface area (Å²) in [5, 5.41) is 2.94. The number of nitrogen functional groups attached to an aromatic ring is 1. The second kappa shape index (κ2) is 7.27. The van der Waals surface area contributed by atoms with E-state index in [1.165, 1.54) is 5.56 Å². The van der Waals surface area contributed by atoms with Gasteiger partial charge in [0.15, 0.2) is 0 Å². The van der Waals surface area contributed by atoms with Crippen molar-refractivity contribution in [1.82, 2.24) is 5.32 Å². The van der Waals surface area contributed by atoms with Crippen molar-refractivity contribution in [2.75, 3.05) is 12.3 Å². The van der Waals surface area contributed by atoms with Gasteiger partial charge >= 0.3 is 0 Å². The van der Waals surface area contributed by atoms with Crippen molar-refractivity contribution < 1.29 is 4.79 Å². The number of rotatable bonds is 5. The average Bonchev–Trinajstić information content (AvgIpc) is 2.50. The Balaban J connectivity index is 1.88. The molecule has 0 radical (unpaired) electrons. The first kappa shape index (κ1) is 15.6. The number of hydrogen-bond acceptors (Lipinski definition) is 2. The van der Waals surface area contributed by atoms with Gasteiger partial charge in [-0.2, -0.15) is 0 Å². The van der Waals surface area contributed by atoms with Crippen LogP contribution in [0.15, 0.2) is 53.0 Å². The zero-order chi connectivity index (χ0) is 15.2. The Labute approximate surface area is 133 Å². The van der Waals surface area contributed by atoms with E-state index in [1.807, 2.05) is 18.2 Å². The molecule has 0 saturated heterocycles. The van der Waals surface area contributed by atoms with E-state index in [-0.39, 0.29) is 5.91 Å². The van der Waals surface area contributed by atoms with Crippen molar-refractivity contribution in [3.8, 4) is 0 Å². The molecule has 0 bridgehead atoms. The minimum Gasteiger partial charge on any atom is -0.399 e. The van der Waals surface area contributed by atoms with E-state index in [2.05, 4.69) is 40.3 Å². The maximum absolute atomic E-state index is 12.1. The van der Waals surface area contributed by atoms with Crippen molar-refractivity contribution in [2.45, 2.75) is 19.3 Å².